The minimum absolute atomic E-state index is 0.524. The van der Waals surface area contributed by atoms with Crippen LogP contribution in [-0.4, -0.2) is 5.25 Å². The molecule has 0 saturated carbocycles. The summed E-state index contributed by atoms with van der Waals surface area (Å²) < 4.78 is 0. The molecular formula is C10H22S. The van der Waals surface area contributed by atoms with E-state index in [2.05, 4.69) is 40.3 Å². The third kappa shape index (κ3) is 5.60. The van der Waals surface area contributed by atoms with Crippen molar-refractivity contribution in [2.45, 2.75) is 58.6 Å². The summed E-state index contributed by atoms with van der Waals surface area (Å²) in [7, 11) is 0. The predicted molar refractivity (Wildman–Crippen MR) is 56.4 cm³/mol. The van der Waals surface area contributed by atoms with Crippen molar-refractivity contribution in [2.24, 2.45) is 5.41 Å². The van der Waals surface area contributed by atoms with Crippen molar-refractivity contribution in [3.63, 3.8) is 0 Å². The van der Waals surface area contributed by atoms with Crippen LogP contribution in [0.3, 0.4) is 0 Å². The second-order valence-corrected chi connectivity index (χ2v) is 4.85. The molecule has 1 unspecified atom stereocenters. The summed E-state index contributed by atoms with van der Waals surface area (Å²) in [5, 5.41) is 0.612. The molecule has 1 heteroatoms. The van der Waals surface area contributed by atoms with Crippen LogP contribution in [0, 0.1) is 5.41 Å². The van der Waals surface area contributed by atoms with Gasteiger partial charge in [0.1, 0.15) is 0 Å². The quantitative estimate of drug-likeness (QED) is 0.600. The third-order valence-corrected chi connectivity index (χ3v) is 3.21. The fraction of sp³-hybridized carbons (Fsp3) is 1.00. The molecule has 0 aromatic rings. The average Bonchev–Trinajstić information content (AvgIpc) is 2.00. The van der Waals surface area contributed by atoms with Crippen LogP contribution in [0.4, 0.5) is 0 Å². The first-order valence-corrected chi connectivity index (χ1v) is 5.21. The van der Waals surface area contributed by atoms with Gasteiger partial charge in [0.15, 0.2) is 0 Å². The molecule has 0 aliphatic carbocycles. The molecule has 0 radical (unpaired) electrons. The molecular weight excluding hydrogens is 152 g/mol. The molecule has 1 atom stereocenters. The maximum Gasteiger partial charge on any atom is 0.00143 e. The lowest BCUT2D eigenvalue weighted by atomic mass is 9.84. The van der Waals surface area contributed by atoms with Crippen LogP contribution in [0.5, 0.6) is 0 Å². The fourth-order valence-electron chi connectivity index (χ4n) is 0.938. The van der Waals surface area contributed by atoms with Gasteiger partial charge in [0.2, 0.25) is 0 Å². The lowest BCUT2D eigenvalue weighted by molar-refractivity contribution is 0.311. The summed E-state index contributed by atoms with van der Waals surface area (Å²) in [6, 6.07) is 0. The second-order valence-electron chi connectivity index (χ2n) is 4.12. The van der Waals surface area contributed by atoms with Crippen LogP contribution < -0.4 is 0 Å². The number of hydrogen-bond donors (Lipinski definition) is 1. The van der Waals surface area contributed by atoms with Crippen molar-refractivity contribution in [3.05, 3.63) is 0 Å². The zero-order valence-electron chi connectivity index (χ0n) is 8.35. The molecule has 0 rings (SSSR count). The number of thiol groups is 1. The SMILES string of the molecule is CCC(S)CCC(C)(C)CC. The summed E-state index contributed by atoms with van der Waals surface area (Å²) in [4.78, 5) is 0. The first kappa shape index (κ1) is 11.4. The maximum atomic E-state index is 4.48. The average molecular weight is 174 g/mol. The van der Waals surface area contributed by atoms with Crippen molar-refractivity contribution in [1.29, 1.82) is 0 Å². The number of hydrogen-bond acceptors (Lipinski definition) is 1. The van der Waals surface area contributed by atoms with E-state index in [0.29, 0.717) is 10.7 Å². The standard InChI is InChI=1S/C10H22S/c1-5-9(11)7-8-10(3,4)6-2/h9,11H,5-8H2,1-4H3. The lowest BCUT2D eigenvalue weighted by Gasteiger charge is -2.23. The molecule has 0 heterocycles. The lowest BCUT2D eigenvalue weighted by Crippen LogP contribution is -2.12. The Labute approximate surface area is 77.2 Å². The van der Waals surface area contributed by atoms with Gasteiger partial charge in [-0.1, -0.05) is 34.1 Å². The van der Waals surface area contributed by atoms with Crippen molar-refractivity contribution >= 4 is 12.6 Å². The second kappa shape index (κ2) is 5.08. The molecule has 0 aliphatic rings. The zero-order chi connectivity index (χ0) is 8.91. The highest BCUT2D eigenvalue weighted by Gasteiger charge is 2.15. The van der Waals surface area contributed by atoms with Crippen LogP contribution in [0.15, 0.2) is 0 Å². The van der Waals surface area contributed by atoms with Crippen molar-refractivity contribution in [2.75, 3.05) is 0 Å². The van der Waals surface area contributed by atoms with E-state index in [9.17, 15) is 0 Å². The van der Waals surface area contributed by atoms with Gasteiger partial charge in [-0.3, -0.25) is 0 Å². The van der Waals surface area contributed by atoms with Crippen molar-refractivity contribution in [1.82, 2.24) is 0 Å². The highest BCUT2D eigenvalue weighted by atomic mass is 32.1. The van der Waals surface area contributed by atoms with Gasteiger partial charge in [-0.25, -0.2) is 0 Å². The minimum atomic E-state index is 0.524. The van der Waals surface area contributed by atoms with Gasteiger partial charge < -0.3 is 0 Å². The van der Waals surface area contributed by atoms with Gasteiger partial charge in [-0.05, 0) is 24.7 Å². The van der Waals surface area contributed by atoms with Crippen LogP contribution >= 0.6 is 12.6 Å². The summed E-state index contributed by atoms with van der Waals surface area (Å²) >= 11 is 4.48. The summed E-state index contributed by atoms with van der Waals surface area (Å²) in [5.41, 5.74) is 0.524. The predicted octanol–water partition coefficient (Wildman–Crippen LogP) is 3.91. The molecule has 68 valence electrons. The molecule has 0 amide bonds. The normalized spacial score (nSPS) is 15.0. The highest BCUT2D eigenvalue weighted by Crippen LogP contribution is 2.28. The van der Waals surface area contributed by atoms with Gasteiger partial charge >= 0.3 is 0 Å². The van der Waals surface area contributed by atoms with E-state index in [1.165, 1.54) is 25.7 Å². The minimum Gasteiger partial charge on any atom is -0.176 e. The summed E-state index contributed by atoms with van der Waals surface area (Å²) in [5.74, 6) is 0. The summed E-state index contributed by atoms with van der Waals surface area (Å²) in [6.07, 6.45) is 5.05. The zero-order valence-corrected chi connectivity index (χ0v) is 9.25. The largest absolute Gasteiger partial charge is 0.176 e. The molecule has 0 bridgehead atoms. The van der Waals surface area contributed by atoms with Gasteiger partial charge in [0, 0.05) is 5.25 Å². The molecule has 0 aliphatic heterocycles. The molecule has 0 N–H and O–H groups in total. The Balaban J connectivity index is 3.52. The van der Waals surface area contributed by atoms with Crippen LogP contribution in [-0.2, 0) is 0 Å². The first-order chi connectivity index (χ1) is 5.02. The van der Waals surface area contributed by atoms with Gasteiger partial charge in [0.05, 0.1) is 0 Å². The topological polar surface area (TPSA) is 0 Å². The summed E-state index contributed by atoms with van der Waals surface area (Å²) in [6.45, 7) is 9.14. The van der Waals surface area contributed by atoms with E-state index >= 15 is 0 Å². The number of rotatable bonds is 5. The van der Waals surface area contributed by atoms with Crippen LogP contribution in [0.2, 0.25) is 0 Å². The molecule has 0 fully saturated rings. The van der Waals surface area contributed by atoms with Gasteiger partial charge in [-0.15, -0.1) is 0 Å². The fourth-order valence-corrected chi connectivity index (χ4v) is 1.07. The first-order valence-electron chi connectivity index (χ1n) is 4.70. The molecule has 0 spiro atoms. The molecule has 0 aromatic carbocycles. The Kier molecular flexibility index (Phi) is 5.24. The Morgan fingerprint density at radius 2 is 1.82 bits per heavy atom. The Morgan fingerprint density at radius 3 is 2.18 bits per heavy atom. The van der Waals surface area contributed by atoms with Crippen LogP contribution in [0.25, 0.3) is 0 Å². The van der Waals surface area contributed by atoms with E-state index in [4.69, 9.17) is 0 Å². The highest BCUT2D eigenvalue weighted by molar-refractivity contribution is 7.80. The van der Waals surface area contributed by atoms with E-state index in [1.807, 2.05) is 0 Å². The smallest absolute Gasteiger partial charge is 0.00143 e. The Bertz CT molecular complexity index is 97.0. The monoisotopic (exact) mass is 174 g/mol. The van der Waals surface area contributed by atoms with Gasteiger partial charge in [-0.2, -0.15) is 12.6 Å². The van der Waals surface area contributed by atoms with Crippen LogP contribution in [0.1, 0.15) is 53.4 Å². The van der Waals surface area contributed by atoms with Crippen molar-refractivity contribution in [3.8, 4) is 0 Å². The van der Waals surface area contributed by atoms with Gasteiger partial charge in [0.25, 0.3) is 0 Å². The van der Waals surface area contributed by atoms with Crippen molar-refractivity contribution < 1.29 is 0 Å². The maximum absolute atomic E-state index is 4.48. The molecule has 0 nitrogen and oxygen atoms in total. The van der Waals surface area contributed by atoms with E-state index in [0.717, 1.165) is 0 Å². The third-order valence-electron chi connectivity index (χ3n) is 2.58. The van der Waals surface area contributed by atoms with E-state index in [-0.39, 0.29) is 0 Å². The molecule has 11 heavy (non-hydrogen) atoms. The van der Waals surface area contributed by atoms with E-state index < -0.39 is 0 Å². The van der Waals surface area contributed by atoms with E-state index in [1.54, 1.807) is 0 Å². The molecule has 0 saturated heterocycles. The Morgan fingerprint density at radius 1 is 1.27 bits per heavy atom. The Hall–Kier alpha value is 0.350. The molecule has 0 aromatic heterocycles.